The van der Waals surface area contributed by atoms with Crippen LogP contribution in [0.3, 0.4) is 0 Å². The second kappa shape index (κ2) is 5.13. The summed E-state index contributed by atoms with van der Waals surface area (Å²) in [6.07, 6.45) is 2.17. The quantitative estimate of drug-likeness (QED) is 0.747. The summed E-state index contributed by atoms with van der Waals surface area (Å²) >= 11 is 0. The fraction of sp³-hybridized carbons (Fsp3) is 0.429. The van der Waals surface area contributed by atoms with E-state index in [-0.39, 0.29) is 17.6 Å². The molecule has 1 atom stereocenters. The fourth-order valence-corrected chi connectivity index (χ4v) is 2.28. The summed E-state index contributed by atoms with van der Waals surface area (Å²) in [5, 5.41) is 0. The minimum Gasteiger partial charge on any atom is -0.346 e. The van der Waals surface area contributed by atoms with Crippen LogP contribution in [0.25, 0.3) is 0 Å². The summed E-state index contributed by atoms with van der Waals surface area (Å²) in [6, 6.07) is 9.19. The number of rotatable bonds is 3. The fourth-order valence-electron chi connectivity index (χ4n) is 2.28. The summed E-state index contributed by atoms with van der Waals surface area (Å²) in [6.45, 7) is 0.814. The average molecular weight is 231 g/mol. The minimum absolute atomic E-state index is 0.0688. The highest BCUT2D eigenvalue weighted by Crippen LogP contribution is 2.21. The van der Waals surface area contributed by atoms with Crippen LogP contribution in [-0.4, -0.2) is 30.2 Å². The maximum absolute atomic E-state index is 12.0. The summed E-state index contributed by atoms with van der Waals surface area (Å²) in [5.41, 5.74) is 0.702. The van der Waals surface area contributed by atoms with Crippen molar-refractivity contribution in [3.05, 3.63) is 35.9 Å². The molecular formula is C14H17NO2. The molecule has 1 aliphatic rings. The van der Waals surface area contributed by atoms with Crippen molar-refractivity contribution < 1.29 is 9.59 Å². The van der Waals surface area contributed by atoms with Gasteiger partial charge in [-0.15, -0.1) is 0 Å². The highest BCUT2D eigenvalue weighted by atomic mass is 16.2. The van der Waals surface area contributed by atoms with Gasteiger partial charge < -0.3 is 4.90 Å². The van der Waals surface area contributed by atoms with E-state index in [1.54, 1.807) is 17.0 Å². The van der Waals surface area contributed by atoms with Gasteiger partial charge in [-0.05, 0) is 12.8 Å². The molecule has 1 amide bonds. The van der Waals surface area contributed by atoms with E-state index in [2.05, 4.69) is 0 Å². The van der Waals surface area contributed by atoms with Crippen molar-refractivity contribution in [1.82, 2.24) is 4.90 Å². The Hall–Kier alpha value is -1.64. The molecule has 0 radical (unpaired) electrons. The van der Waals surface area contributed by atoms with Gasteiger partial charge >= 0.3 is 0 Å². The molecule has 3 nitrogen and oxygen atoms in total. The molecule has 0 saturated carbocycles. The van der Waals surface area contributed by atoms with Crippen LogP contribution < -0.4 is 0 Å². The van der Waals surface area contributed by atoms with E-state index in [1.165, 1.54) is 0 Å². The number of piperidine rings is 1. The molecule has 1 unspecified atom stereocenters. The SMILES string of the molecule is CN1CCCC(CC(=O)c2ccccc2)C1=O. The number of carbonyl (C=O) groups is 2. The third-order valence-corrected chi connectivity index (χ3v) is 3.30. The lowest BCUT2D eigenvalue weighted by Gasteiger charge is -2.28. The minimum atomic E-state index is -0.124. The van der Waals surface area contributed by atoms with Crippen molar-refractivity contribution in [2.45, 2.75) is 19.3 Å². The summed E-state index contributed by atoms with van der Waals surface area (Å²) < 4.78 is 0. The predicted octanol–water partition coefficient (Wildman–Crippen LogP) is 2.13. The van der Waals surface area contributed by atoms with Gasteiger partial charge in [-0.2, -0.15) is 0 Å². The largest absolute Gasteiger partial charge is 0.346 e. The highest BCUT2D eigenvalue weighted by Gasteiger charge is 2.28. The second-order valence-electron chi connectivity index (χ2n) is 4.59. The molecule has 17 heavy (non-hydrogen) atoms. The van der Waals surface area contributed by atoms with Gasteiger partial charge in [0.15, 0.2) is 5.78 Å². The lowest BCUT2D eigenvalue weighted by atomic mass is 9.90. The molecule has 3 heteroatoms. The first kappa shape index (κ1) is 11.8. The van der Waals surface area contributed by atoms with Crippen LogP contribution in [0.5, 0.6) is 0 Å². The smallest absolute Gasteiger partial charge is 0.225 e. The lowest BCUT2D eigenvalue weighted by Crippen LogP contribution is -2.39. The van der Waals surface area contributed by atoms with Crippen LogP contribution in [0.4, 0.5) is 0 Å². The second-order valence-corrected chi connectivity index (χ2v) is 4.59. The van der Waals surface area contributed by atoms with Crippen LogP contribution in [0.2, 0.25) is 0 Å². The Balaban J connectivity index is 2.01. The molecule has 90 valence electrons. The lowest BCUT2D eigenvalue weighted by molar-refractivity contribution is -0.136. The van der Waals surface area contributed by atoms with Gasteiger partial charge in [-0.1, -0.05) is 30.3 Å². The molecule has 1 aromatic rings. The van der Waals surface area contributed by atoms with E-state index >= 15 is 0 Å². The van der Waals surface area contributed by atoms with E-state index < -0.39 is 0 Å². The molecule has 1 aromatic carbocycles. The van der Waals surface area contributed by atoms with Crippen molar-refractivity contribution in [2.24, 2.45) is 5.92 Å². The molecule has 0 aliphatic carbocycles. The first-order chi connectivity index (χ1) is 8.18. The van der Waals surface area contributed by atoms with E-state index in [0.29, 0.717) is 12.0 Å². The normalized spacial score (nSPS) is 20.4. The molecule has 1 heterocycles. The highest BCUT2D eigenvalue weighted by molar-refractivity contribution is 5.98. The Morgan fingerprint density at radius 1 is 1.35 bits per heavy atom. The Morgan fingerprint density at radius 3 is 2.76 bits per heavy atom. The first-order valence-corrected chi connectivity index (χ1v) is 6.01. The van der Waals surface area contributed by atoms with E-state index in [1.807, 2.05) is 25.2 Å². The number of amides is 1. The van der Waals surface area contributed by atoms with E-state index in [4.69, 9.17) is 0 Å². The Labute approximate surface area is 101 Å². The van der Waals surface area contributed by atoms with Gasteiger partial charge in [0, 0.05) is 31.5 Å². The monoisotopic (exact) mass is 231 g/mol. The molecule has 0 aromatic heterocycles. The number of hydrogen-bond donors (Lipinski definition) is 0. The Kier molecular flexibility index (Phi) is 3.57. The van der Waals surface area contributed by atoms with E-state index in [9.17, 15) is 9.59 Å². The molecule has 1 aliphatic heterocycles. The molecular weight excluding hydrogens is 214 g/mol. The molecule has 0 spiro atoms. The number of ketones is 1. The van der Waals surface area contributed by atoms with Gasteiger partial charge in [0.2, 0.25) is 5.91 Å². The zero-order valence-corrected chi connectivity index (χ0v) is 10.1. The maximum Gasteiger partial charge on any atom is 0.225 e. The number of carbonyl (C=O) groups excluding carboxylic acids is 2. The Bertz CT molecular complexity index is 413. The third kappa shape index (κ3) is 2.73. The molecule has 0 N–H and O–H groups in total. The van der Waals surface area contributed by atoms with Crippen LogP contribution >= 0.6 is 0 Å². The van der Waals surface area contributed by atoms with Gasteiger partial charge in [0.1, 0.15) is 0 Å². The molecule has 0 bridgehead atoms. The number of likely N-dealkylation sites (tertiary alicyclic amines) is 1. The first-order valence-electron chi connectivity index (χ1n) is 6.01. The average Bonchev–Trinajstić information content (AvgIpc) is 2.36. The van der Waals surface area contributed by atoms with Crippen molar-refractivity contribution in [3.8, 4) is 0 Å². The molecule has 1 fully saturated rings. The summed E-state index contributed by atoms with van der Waals surface area (Å²) in [5.74, 6) is 0.0567. The van der Waals surface area contributed by atoms with Gasteiger partial charge in [0.25, 0.3) is 0 Å². The van der Waals surface area contributed by atoms with Gasteiger partial charge in [-0.25, -0.2) is 0 Å². The zero-order chi connectivity index (χ0) is 12.3. The third-order valence-electron chi connectivity index (χ3n) is 3.30. The predicted molar refractivity (Wildman–Crippen MR) is 65.8 cm³/mol. The van der Waals surface area contributed by atoms with Crippen LogP contribution in [0.15, 0.2) is 30.3 Å². The van der Waals surface area contributed by atoms with Crippen LogP contribution in [0, 0.1) is 5.92 Å². The summed E-state index contributed by atoms with van der Waals surface area (Å²) in [4.78, 5) is 25.6. The number of hydrogen-bond acceptors (Lipinski definition) is 2. The molecule has 1 saturated heterocycles. The topological polar surface area (TPSA) is 37.4 Å². The Morgan fingerprint density at radius 2 is 2.06 bits per heavy atom. The van der Waals surface area contributed by atoms with Crippen LogP contribution in [-0.2, 0) is 4.79 Å². The van der Waals surface area contributed by atoms with Crippen molar-refractivity contribution >= 4 is 11.7 Å². The standard InChI is InChI=1S/C14H17NO2/c1-15-9-5-8-12(14(15)17)10-13(16)11-6-3-2-4-7-11/h2-4,6-7,12H,5,8-10H2,1H3. The number of benzene rings is 1. The number of Topliss-reactive ketones (excluding diaryl/α,β-unsaturated/α-hetero) is 1. The number of nitrogens with zero attached hydrogens (tertiary/aromatic N) is 1. The van der Waals surface area contributed by atoms with Gasteiger partial charge in [0.05, 0.1) is 0 Å². The maximum atomic E-state index is 12.0. The zero-order valence-electron chi connectivity index (χ0n) is 10.1. The van der Waals surface area contributed by atoms with Crippen molar-refractivity contribution in [1.29, 1.82) is 0 Å². The van der Waals surface area contributed by atoms with E-state index in [0.717, 1.165) is 19.4 Å². The summed E-state index contributed by atoms with van der Waals surface area (Å²) in [7, 11) is 1.81. The van der Waals surface area contributed by atoms with Gasteiger partial charge in [-0.3, -0.25) is 9.59 Å². The van der Waals surface area contributed by atoms with Crippen molar-refractivity contribution in [3.63, 3.8) is 0 Å². The molecule has 2 rings (SSSR count). The van der Waals surface area contributed by atoms with Crippen molar-refractivity contribution in [2.75, 3.05) is 13.6 Å². The van der Waals surface area contributed by atoms with Crippen LogP contribution in [0.1, 0.15) is 29.6 Å².